The van der Waals surface area contributed by atoms with E-state index < -0.39 is 4.92 Å². The van der Waals surface area contributed by atoms with Crippen LogP contribution in [-0.4, -0.2) is 20.4 Å². The lowest BCUT2D eigenvalue weighted by Gasteiger charge is -2.21. The van der Waals surface area contributed by atoms with Crippen LogP contribution >= 0.6 is 0 Å². The Morgan fingerprint density at radius 1 is 1.08 bits per heavy atom. The molecule has 0 aliphatic carbocycles. The summed E-state index contributed by atoms with van der Waals surface area (Å²) in [5.41, 5.74) is 7.20. The third-order valence-electron chi connectivity index (χ3n) is 3.40. The molecule has 25 heavy (non-hydrogen) atoms. The predicted octanol–water partition coefficient (Wildman–Crippen LogP) is 3.97. The fourth-order valence-electron chi connectivity index (χ4n) is 2.07. The normalized spacial score (nSPS) is 11.4. The standard InChI is InChI=1S/C17H24N6O2/c1-11(2)12-6-8-13(9-7-12)20-15-14(23(24)25)16(19-10-18-15)21-22-17(3,4)5/h6-11,22H,1-5H3,(H2,18,19,20,21). The smallest absolute Gasteiger partial charge is 0.334 e. The quantitative estimate of drug-likeness (QED) is 0.538. The van der Waals surface area contributed by atoms with Crippen LogP contribution in [0.4, 0.5) is 23.0 Å². The van der Waals surface area contributed by atoms with Crippen molar-refractivity contribution in [2.24, 2.45) is 0 Å². The Labute approximate surface area is 147 Å². The topological polar surface area (TPSA) is 105 Å². The first-order valence-electron chi connectivity index (χ1n) is 8.07. The molecule has 8 heteroatoms. The van der Waals surface area contributed by atoms with Gasteiger partial charge in [-0.1, -0.05) is 26.0 Å². The number of hydrogen-bond acceptors (Lipinski definition) is 7. The lowest BCUT2D eigenvalue weighted by molar-refractivity contribution is -0.383. The van der Waals surface area contributed by atoms with Crippen LogP contribution in [0.3, 0.4) is 0 Å². The average molecular weight is 344 g/mol. The van der Waals surface area contributed by atoms with E-state index in [0.29, 0.717) is 5.92 Å². The number of benzene rings is 1. The number of hydrogen-bond donors (Lipinski definition) is 3. The van der Waals surface area contributed by atoms with Gasteiger partial charge in [0.15, 0.2) is 0 Å². The number of rotatable bonds is 6. The van der Waals surface area contributed by atoms with E-state index in [9.17, 15) is 10.1 Å². The fourth-order valence-corrected chi connectivity index (χ4v) is 2.07. The van der Waals surface area contributed by atoms with Crippen molar-refractivity contribution >= 4 is 23.0 Å². The van der Waals surface area contributed by atoms with Crippen molar-refractivity contribution in [1.82, 2.24) is 15.4 Å². The second-order valence-electron chi connectivity index (χ2n) is 7.08. The summed E-state index contributed by atoms with van der Waals surface area (Å²) in [7, 11) is 0. The number of aromatic nitrogens is 2. The first-order valence-corrected chi connectivity index (χ1v) is 8.07. The number of anilines is 3. The molecule has 1 aromatic carbocycles. The Bertz CT molecular complexity index is 738. The van der Waals surface area contributed by atoms with E-state index in [1.165, 1.54) is 11.9 Å². The SMILES string of the molecule is CC(C)c1ccc(Nc2ncnc(NNC(C)(C)C)c2[N+](=O)[O-])cc1. The fraction of sp³-hybridized carbons (Fsp3) is 0.412. The van der Waals surface area contributed by atoms with Crippen molar-refractivity contribution in [2.75, 3.05) is 10.7 Å². The molecule has 1 heterocycles. The summed E-state index contributed by atoms with van der Waals surface area (Å²) in [4.78, 5) is 19.0. The Kier molecular flexibility index (Phi) is 5.53. The summed E-state index contributed by atoms with van der Waals surface area (Å²) in [6.07, 6.45) is 1.28. The minimum atomic E-state index is -0.502. The Morgan fingerprint density at radius 3 is 2.20 bits per heavy atom. The lowest BCUT2D eigenvalue weighted by Crippen LogP contribution is -2.40. The maximum atomic E-state index is 11.5. The summed E-state index contributed by atoms with van der Waals surface area (Å²) >= 11 is 0. The number of hydrazine groups is 1. The molecule has 0 spiro atoms. The van der Waals surface area contributed by atoms with Crippen molar-refractivity contribution in [3.63, 3.8) is 0 Å². The molecular weight excluding hydrogens is 320 g/mol. The maximum Gasteiger partial charge on any atom is 0.354 e. The average Bonchev–Trinajstić information content (AvgIpc) is 2.52. The van der Waals surface area contributed by atoms with Crippen LogP contribution in [0.25, 0.3) is 0 Å². The predicted molar refractivity (Wildman–Crippen MR) is 99.0 cm³/mol. The molecule has 0 bridgehead atoms. The highest BCUT2D eigenvalue weighted by Gasteiger charge is 2.24. The van der Waals surface area contributed by atoms with Gasteiger partial charge in [0.2, 0.25) is 11.6 Å². The van der Waals surface area contributed by atoms with Gasteiger partial charge < -0.3 is 5.32 Å². The Hall–Kier alpha value is -2.74. The molecule has 0 aliphatic heterocycles. The van der Waals surface area contributed by atoms with Crippen LogP contribution in [0.2, 0.25) is 0 Å². The molecule has 0 unspecified atom stereocenters. The summed E-state index contributed by atoms with van der Waals surface area (Å²) in [5, 5.41) is 14.5. The summed E-state index contributed by atoms with van der Waals surface area (Å²) in [6.45, 7) is 10.0. The van der Waals surface area contributed by atoms with E-state index >= 15 is 0 Å². The van der Waals surface area contributed by atoms with Gasteiger partial charge in [-0.3, -0.25) is 15.5 Å². The van der Waals surface area contributed by atoms with E-state index in [1.807, 2.05) is 45.0 Å². The third kappa shape index (κ3) is 5.12. The zero-order valence-corrected chi connectivity index (χ0v) is 15.1. The lowest BCUT2D eigenvalue weighted by atomic mass is 10.0. The second kappa shape index (κ2) is 7.43. The largest absolute Gasteiger partial charge is 0.354 e. The van der Waals surface area contributed by atoms with Crippen molar-refractivity contribution in [3.05, 3.63) is 46.3 Å². The molecule has 134 valence electrons. The monoisotopic (exact) mass is 344 g/mol. The Morgan fingerprint density at radius 2 is 1.68 bits per heavy atom. The maximum absolute atomic E-state index is 11.5. The van der Waals surface area contributed by atoms with Crippen molar-refractivity contribution in [2.45, 2.75) is 46.1 Å². The summed E-state index contributed by atoms with van der Waals surface area (Å²) in [5.74, 6) is 0.661. The van der Waals surface area contributed by atoms with Crippen LogP contribution in [-0.2, 0) is 0 Å². The molecule has 0 atom stereocenters. The van der Waals surface area contributed by atoms with Gasteiger partial charge in [-0.2, -0.15) is 0 Å². The highest BCUT2D eigenvalue weighted by atomic mass is 16.6. The molecule has 0 saturated carbocycles. The van der Waals surface area contributed by atoms with Gasteiger partial charge in [0.25, 0.3) is 0 Å². The van der Waals surface area contributed by atoms with Gasteiger partial charge in [-0.05, 0) is 44.4 Å². The third-order valence-corrected chi connectivity index (χ3v) is 3.40. The minimum Gasteiger partial charge on any atom is -0.334 e. The van der Waals surface area contributed by atoms with Gasteiger partial charge in [0.05, 0.1) is 4.92 Å². The molecule has 2 rings (SSSR count). The van der Waals surface area contributed by atoms with Crippen LogP contribution in [0.1, 0.15) is 46.1 Å². The second-order valence-corrected chi connectivity index (χ2v) is 7.08. The van der Waals surface area contributed by atoms with Gasteiger partial charge in [-0.15, -0.1) is 0 Å². The molecular formula is C17H24N6O2. The number of nitro groups is 1. The van der Waals surface area contributed by atoms with Gasteiger partial charge in [0, 0.05) is 11.2 Å². The molecule has 0 saturated heterocycles. The molecule has 0 radical (unpaired) electrons. The van der Waals surface area contributed by atoms with Crippen molar-refractivity contribution in [1.29, 1.82) is 0 Å². The highest BCUT2D eigenvalue weighted by Crippen LogP contribution is 2.31. The van der Waals surface area contributed by atoms with Crippen LogP contribution < -0.4 is 16.2 Å². The molecule has 0 amide bonds. The zero-order valence-electron chi connectivity index (χ0n) is 15.1. The number of nitrogens with one attached hydrogen (secondary N) is 3. The van der Waals surface area contributed by atoms with E-state index in [2.05, 4.69) is 40.0 Å². The van der Waals surface area contributed by atoms with Crippen LogP contribution in [0.5, 0.6) is 0 Å². The van der Waals surface area contributed by atoms with Crippen LogP contribution in [0, 0.1) is 10.1 Å². The summed E-state index contributed by atoms with van der Waals surface area (Å²) in [6, 6.07) is 7.73. The van der Waals surface area contributed by atoms with Gasteiger partial charge in [0.1, 0.15) is 6.33 Å². The summed E-state index contributed by atoms with van der Waals surface area (Å²) < 4.78 is 0. The zero-order chi connectivity index (χ0) is 18.6. The van der Waals surface area contributed by atoms with E-state index in [1.54, 1.807) is 0 Å². The van der Waals surface area contributed by atoms with Gasteiger partial charge in [-0.25, -0.2) is 15.4 Å². The molecule has 0 fully saturated rings. The van der Waals surface area contributed by atoms with Crippen molar-refractivity contribution < 1.29 is 4.92 Å². The van der Waals surface area contributed by atoms with E-state index in [0.717, 1.165) is 5.69 Å². The molecule has 0 aliphatic rings. The van der Waals surface area contributed by atoms with Crippen molar-refractivity contribution in [3.8, 4) is 0 Å². The first-order chi connectivity index (χ1) is 11.7. The van der Waals surface area contributed by atoms with E-state index in [-0.39, 0.29) is 22.9 Å². The van der Waals surface area contributed by atoms with Crippen LogP contribution in [0.15, 0.2) is 30.6 Å². The Balaban J connectivity index is 2.29. The minimum absolute atomic E-state index is 0.108. The number of nitrogens with zero attached hydrogens (tertiary/aromatic N) is 3. The van der Waals surface area contributed by atoms with E-state index in [4.69, 9.17) is 0 Å². The highest BCUT2D eigenvalue weighted by molar-refractivity contribution is 5.73. The molecule has 3 N–H and O–H groups in total. The van der Waals surface area contributed by atoms with Gasteiger partial charge >= 0.3 is 5.69 Å². The molecule has 8 nitrogen and oxygen atoms in total. The molecule has 2 aromatic rings. The molecule has 1 aromatic heterocycles. The first kappa shape index (κ1) is 18.6.